The Morgan fingerprint density at radius 2 is 1.66 bits per heavy atom. The number of hydrogen-bond acceptors (Lipinski definition) is 5. The van der Waals surface area contributed by atoms with Gasteiger partial charge < -0.3 is 20.5 Å². The van der Waals surface area contributed by atoms with Crippen LogP contribution >= 0.6 is 0 Å². The summed E-state index contributed by atoms with van der Waals surface area (Å²) in [6.07, 6.45) is -0.464. The Balaban J connectivity index is 1.95. The normalized spacial score (nSPS) is 10.7. The zero-order chi connectivity index (χ0) is 21.4. The van der Waals surface area contributed by atoms with Gasteiger partial charge in [-0.1, -0.05) is 6.07 Å². The summed E-state index contributed by atoms with van der Waals surface area (Å²) in [5.74, 6) is -0.203. The second-order valence-electron chi connectivity index (χ2n) is 7.25. The number of benzene rings is 2. The van der Waals surface area contributed by atoms with Crippen molar-refractivity contribution in [2.24, 2.45) is 5.73 Å². The van der Waals surface area contributed by atoms with Crippen molar-refractivity contribution in [3.8, 4) is 5.75 Å². The van der Waals surface area contributed by atoms with E-state index in [1.54, 1.807) is 69.3 Å². The molecular formula is C21H25N3O5. The number of carbonyl (C=O) groups excluding carboxylic acids is 3. The molecule has 2 aromatic carbocycles. The van der Waals surface area contributed by atoms with Crippen LogP contribution in [0.1, 0.15) is 37.6 Å². The smallest absolute Gasteiger partial charge is 0.412 e. The maximum atomic E-state index is 12.5. The molecule has 2 rings (SSSR count). The molecule has 154 valence electrons. The number of hydrogen-bond donors (Lipinski definition) is 3. The van der Waals surface area contributed by atoms with Crippen molar-refractivity contribution in [2.75, 3.05) is 17.2 Å². The third-order valence-electron chi connectivity index (χ3n) is 3.50. The Morgan fingerprint density at radius 3 is 2.28 bits per heavy atom. The molecular weight excluding hydrogens is 374 g/mol. The second-order valence-corrected chi connectivity index (χ2v) is 7.25. The molecule has 0 bridgehead atoms. The quantitative estimate of drug-likeness (QED) is 0.658. The molecule has 0 saturated carbocycles. The highest BCUT2D eigenvalue weighted by Crippen LogP contribution is 2.18. The van der Waals surface area contributed by atoms with Gasteiger partial charge in [0.15, 0.2) is 0 Å². The van der Waals surface area contributed by atoms with Crippen LogP contribution in [0, 0.1) is 0 Å². The molecule has 8 nitrogen and oxygen atoms in total. The van der Waals surface area contributed by atoms with Gasteiger partial charge in [0.25, 0.3) is 5.91 Å². The van der Waals surface area contributed by atoms with Crippen LogP contribution in [-0.2, 0) is 9.53 Å². The number of nitrogens with one attached hydrogen (secondary N) is 2. The fourth-order valence-electron chi connectivity index (χ4n) is 2.27. The number of carbonyl (C=O) groups is 3. The van der Waals surface area contributed by atoms with E-state index in [1.807, 2.05) is 0 Å². The topological polar surface area (TPSA) is 120 Å². The predicted octanol–water partition coefficient (Wildman–Crippen LogP) is 3.54. The highest BCUT2D eigenvalue weighted by atomic mass is 16.6. The van der Waals surface area contributed by atoms with E-state index in [-0.39, 0.29) is 18.9 Å². The van der Waals surface area contributed by atoms with Crippen LogP contribution in [-0.4, -0.2) is 30.1 Å². The van der Waals surface area contributed by atoms with Gasteiger partial charge in [-0.2, -0.15) is 0 Å². The number of ether oxygens (including phenoxy) is 2. The number of nitrogens with two attached hydrogens (primary N) is 1. The summed E-state index contributed by atoms with van der Waals surface area (Å²) in [6, 6.07) is 13.2. The molecule has 2 aromatic rings. The highest BCUT2D eigenvalue weighted by molar-refractivity contribution is 6.05. The van der Waals surface area contributed by atoms with Gasteiger partial charge in [0, 0.05) is 16.9 Å². The van der Waals surface area contributed by atoms with Crippen molar-refractivity contribution < 1.29 is 23.9 Å². The molecule has 0 fully saturated rings. The Kier molecular flexibility index (Phi) is 7.19. The van der Waals surface area contributed by atoms with E-state index in [0.29, 0.717) is 22.7 Å². The van der Waals surface area contributed by atoms with Gasteiger partial charge >= 0.3 is 6.09 Å². The van der Waals surface area contributed by atoms with E-state index in [9.17, 15) is 14.4 Å². The van der Waals surface area contributed by atoms with E-state index in [1.165, 1.54) is 0 Å². The lowest BCUT2D eigenvalue weighted by molar-refractivity contribution is -0.118. The molecule has 0 heterocycles. The minimum atomic E-state index is -0.616. The van der Waals surface area contributed by atoms with Crippen LogP contribution in [0.5, 0.6) is 5.75 Å². The lowest BCUT2D eigenvalue weighted by Crippen LogP contribution is -2.27. The fourth-order valence-corrected chi connectivity index (χ4v) is 2.27. The summed E-state index contributed by atoms with van der Waals surface area (Å²) in [5, 5.41) is 5.37. The molecule has 4 N–H and O–H groups in total. The Bertz CT molecular complexity index is 873. The summed E-state index contributed by atoms with van der Waals surface area (Å²) in [4.78, 5) is 35.1. The van der Waals surface area contributed by atoms with Gasteiger partial charge in [0.05, 0.1) is 13.0 Å². The minimum Gasteiger partial charge on any atom is -0.493 e. The fraction of sp³-hybridized carbons (Fsp3) is 0.286. The predicted molar refractivity (Wildman–Crippen MR) is 110 cm³/mol. The Hall–Kier alpha value is -3.55. The molecule has 0 radical (unpaired) electrons. The van der Waals surface area contributed by atoms with Crippen LogP contribution in [0.2, 0.25) is 0 Å². The average Bonchev–Trinajstić information content (AvgIpc) is 2.61. The van der Waals surface area contributed by atoms with Crippen LogP contribution in [0.15, 0.2) is 48.5 Å². The van der Waals surface area contributed by atoms with Crippen LogP contribution in [0.3, 0.4) is 0 Å². The van der Waals surface area contributed by atoms with E-state index in [0.717, 1.165) is 0 Å². The molecule has 0 spiro atoms. The van der Waals surface area contributed by atoms with Crippen molar-refractivity contribution in [1.29, 1.82) is 0 Å². The number of rotatable bonds is 7. The largest absolute Gasteiger partial charge is 0.493 e. The van der Waals surface area contributed by atoms with Crippen molar-refractivity contribution >= 4 is 29.3 Å². The molecule has 29 heavy (non-hydrogen) atoms. The Labute approximate surface area is 169 Å². The van der Waals surface area contributed by atoms with E-state index in [2.05, 4.69) is 10.6 Å². The SMILES string of the molecule is CC(C)(C)OC(=O)Nc1cccc(C(=O)Nc2ccc(OCCC(N)=O)cc2)c1. The van der Waals surface area contributed by atoms with Crippen molar-refractivity contribution in [3.63, 3.8) is 0 Å². The zero-order valence-electron chi connectivity index (χ0n) is 16.7. The summed E-state index contributed by atoms with van der Waals surface area (Å²) in [5.41, 5.74) is 5.84. The van der Waals surface area contributed by atoms with Crippen molar-refractivity contribution in [2.45, 2.75) is 32.8 Å². The van der Waals surface area contributed by atoms with E-state index >= 15 is 0 Å². The molecule has 0 aliphatic rings. The van der Waals surface area contributed by atoms with Gasteiger partial charge in [0.2, 0.25) is 5.91 Å². The van der Waals surface area contributed by atoms with E-state index in [4.69, 9.17) is 15.2 Å². The third kappa shape index (κ3) is 7.92. The van der Waals surface area contributed by atoms with Crippen molar-refractivity contribution in [3.05, 3.63) is 54.1 Å². The zero-order valence-corrected chi connectivity index (χ0v) is 16.7. The number of primary amides is 1. The molecule has 8 heteroatoms. The molecule has 0 atom stereocenters. The summed E-state index contributed by atoms with van der Waals surface area (Å²) in [6.45, 7) is 5.50. The summed E-state index contributed by atoms with van der Waals surface area (Å²) < 4.78 is 10.6. The standard InChI is InChI=1S/C21H25N3O5/c1-21(2,3)29-20(27)24-16-6-4-5-14(13-16)19(26)23-15-7-9-17(10-8-15)28-12-11-18(22)25/h4-10,13H,11-12H2,1-3H3,(H2,22,25)(H,23,26)(H,24,27). The molecule has 3 amide bonds. The van der Waals surface area contributed by atoms with Gasteiger partial charge in [0.1, 0.15) is 11.4 Å². The molecule has 0 aliphatic heterocycles. The first-order valence-electron chi connectivity index (χ1n) is 9.05. The van der Waals surface area contributed by atoms with Crippen LogP contribution in [0.4, 0.5) is 16.2 Å². The highest BCUT2D eigenvalue weighted by Gasteiger charge is 2.16. The molecule has 0 aromatic heterocycles. The van der Waals surface area contributed by atoms with Gasteiger partial charge in [-0.3, -0.25) is 14.9 Å². The van der Waals surface area contributed by atoms with Gasteiger partial charge in [-0.05, 0) is 63.2 Å². The first-order chi connectivity index (χ1) is 13.6. The lowest BCUT2D eigenvalue weighted by atomic mass is 10.2. The summed E-state index contributed by atoms with van der Waals surface area (Å²) >= 11 is 0. The van der Waals surface area contributed by atoms with Crippen LogP contribution < -0.4 is 21.1 Å². The second kappa shape index (κ2) is 9.59. The number of anilines is 2. The van der Waals surface area contributed by atoms with Gasteiger partial charge in [-0.15, -0.1) is 0 Å². The number of amides is 3. The maximum Gasteiger partial charge on any atom is 0.412 e. The first-order valence-corrected chi connectivity index (χ1v) is 9.05. The first kappa shape index (κ1) is 21.7. The molecule has 0 unspecified atom stereocenters. The van der Waals surface area contributed by atoms with Crippen LogP contribution in [0.25, 0.3) is 0 Å². The Morgan fingerprint density at radius 1 is 0.966 bits per heavy atom. The minimum absolute atomic E-state index is 0.131. The lowest BCUT2D eigenvalue weighted by Gasteiger charge is -2.19. The molecule has 0 saturated heterocycles. The average molecular weight is 399 g/mol. The van der Waals surface area contributed by atoms with Gasteiger partial charge in [-0.25, -0.2) is 4.79 Å². The monoisotopic (exact) mass is 399 g/mol. The van der Waals surface area contributed by atoms with E-state index < -0.39 is 17.6 Å². The summed E-state index contributed by atoms with van der Waals surface area (Å²) in [7, 11) is 0. The molecule has 0 aliphatic carbocycles. The third-order valence-corrected chi connectivity index (χ3v) is 3.50. The maximum absolute atomic E-state index is 12.5. The van der Waals surface area contributed by atoms with Crippen molar-refractivity contribution in [1.82, 2.24) is 0 Å².